The second kappa shape index (κ2) is 6.88. The Bertz CT molecular complexity index is 235. The summed E-state index contributed by atoms with van der Waals surface area (Å²) in [7, 11) is 0. The molecule has 18 heavy (non-hydrogen) atoms. The van der Waals surface area contributed by atoms with Crippen molar-refractivity contribution in [2.75, 3.05) is 32.8 Å². The standard InChI is InChI=1S/C15H30N2O/c1-15(2)13-18-12-11-17(15)10-9-16-14-7-5-3-4-6-8-14/h14,16H,3-13H2,1-2H3. The zero-order valence-electron chi connectivity index (χ0n) is 12.2. The summed E-state index contributed by atoms with van der Waals surface area (Å²) in [5.41, 5.74) is 0.212. The Morgan fingerprint density at radius 3 is 2.56 bits per heavy atom. The van der Waals surface area contributed by atoms with Crippen molar-refractivity contribution >= 4 is 0 Å². The number of rotatable bonds is 4. The van der Waals surface area contributed by atoms with Gasteiger partial charge in [0, 0.05) is 31.2 Å². The third kappa shape index (κ3) is 4.22. The van der Waals surface area contributed by atoms with Crippen LogP contribution in [0.2, 0.25) is 0 Å². The predicted octanol–water partition coefficient (Wildman–Crippen LogP) is 2.41. The van der Waals surface area contributed by atoms with Crippen molar-refractivity contribution in [3.05, 3.63) is 0 Å². The minimum atomic E-state index is 0.212. The SMILES string of the molecule is CC1(C)COCCN1CCNC1CCCCCC1. The summed E-state index contributed by atoms with van der Waals surface area (Å²) >= 11 is 0. The van der Waals surface area contributed by atoms with E-state index in [1.807, 2.05) is 0 Å². The Morgan fingerprint density at radius 2 is 1.89 bits per heavy atom. The van der Waals surface area contributed by atoms with E-state index in [4.69, 9.17) is 4.74 Å². The first-order valence-corrected chi connectivity index (χ1v) is 7.75. The van der Waals surface area contributed by atoms with Crippen LogP contribution >= 0.6 is 0 Å². The molecule has 1 aliphatic heterocycles. The maximum atomic E-state index is 5.57. The molecule has 106 valence electrons. The molecular formula is C15H30N2O. The summed E-state index contributed by atoms with van der Waals surface area (Å²) in [5, 5.41) is 3.76. The molecule has 0 aromatic heterocycles. The molecule has 0 bridgehead atoms. The van der Waals surface area contributed by atoms with E-state index in [0.29, 0.717) is 0 Å². The van der Waals surface area contributed by atoms with Crippen LogP contribution in [0.1, 0.15) is 52.4 Å². The number of nitrogens with one attached hydrogen (secondary N) is 1. The van der Waals surface area contributed by atoms with Crippen LogP contribution in [0.3, 0.4) is 0 Å². The van der Waals surface area contributed by atoms with Gasteiger partial charge in [-0.05, 0) is 26.7 Å². The Labute approximate surface area is 112 Å². The lowest BCUT2D eigenvalue weighted by molar-refractivity contribution is -0.0502. The fraction of sp³-hybridized carbons (Fsp3) is 1.00. The third-order valence-electron chi connectivity index (χ3n) is 4.49. The van der Waals surface area contributed by atoms with Gasteiger partial charge in [0.05, 0.1) is 13.2 Å². The highest BCUT2D eigenvalue weighted by molar-refractivity contribution is 4.85. The van der Waals surface area contributed by atoms with Crippen molar-refractivity contribution in [1.82, 2.24) is 10.2 Å². The Kier molecular flexibility index (Phi) is 5.46. The number of hydrogen-bond donors (Lipinski definition) is 1. The van der Waals surface area contributed by atoms with Crippen molar-refractivity contribution in [3.8, 4) is 0 Å². The van der Waals surface area contributed by atoms with Crippen LogP contribution in [-0.2, 0) is 4.74 Å². The summed E-state index contributed by atoms with van der Waals surface area (Å²) < 4.78 is 5.57. The molecular weight excluding hydrogens is 224 g/mol. The van der Waals surface area contributed by atoms with E-state index < -0.39 is 0 Å². The molecule has 2 rings (SSSR count). The smallest absolute Gasteiger partial charge is 0.0645 e. The average Bonchev–Trinajstić information content (AvgIpc) is 2.60. The Balaban J connectivity index is 1.67. The lowest BCUT2D eigenvalue weighted by atomic mass is 10.0. The number of ether oxygens (including phenoxy) is 1. The predicted molar refractivity (Wildman–Crippen MR) is 76.0 cm³/mol. The van der Waals surface area contributed by atoms with E-state index in [1.54, 1.807) is 0 Å². The lowest BCUT2D eigenvalue weighted by Crippen LogP contribution is -2.54. The summed E-state index contributed by atoms with van der Waals surface area (Å²) in [6.45, 7) is 9.72. The van der Waals surface area contributed by atoms with Crippen molar-refractivity contribution in [1.29, 1.82) is 0 Å². The Morgan fingerprint density at radius 1 is 1.17 bits per heavy atom. The molecule has 1 saturated carbocycles. The van der Waals surface area contributed by atoms with Crippen LogP contribution in [0.5, 0.6) is 0 Å². The molecule has 1 heterocycles. The van der Waals surface area contributed by atoms with Gasteiger partial charge < -0.3 is 10.1 Å². The van der Waals surface area contributed by atoms with Gasteiger partial charge in [-0.2, -0.15) is 0 Å². The van der Waals surface area contributed by atoms with Gasteiger partial charge in [0.25, 0.3) is 0 Å². The highest BCUT2D eigenvalue weighted by Crippen LogP contribution is 2.19. The van der Waals surface area contributed by atoms with Crippen LogP contribution in [0.15, 0.2) is 0 Å². The van der Waals surface area contributed by atoms with Crippen LogP contribution in [0.4, 0.5) is 0 Å². The van der Waals surface area contributed by atoms with Gasteiger partial charge >= 0.3 is 0 Å². The maximum absolute atomic E-state index is 5.57. The molecule has 0 amide bonds. The quantitative estimate of drug-likeness (QED) is 0.780. The van der Waals surface area contributed by atoms with Crippen LogP contribution in [0, 0.1) is 0 Å². The van der Waals surface area contributed by atoms with E-state index in [1.165, 1.54) is 38.5 Å². The van der Waals surface area contributed by atoms with Gasteiger partial charge in [-0.25, -0.2) is 0 Å². The van der Waals surface area contributed by atoms with Gasteiger partial charge in [-0.15, -0.1) is 0 Å². The van der Waals surface area contributed by atoms with E-state index in [2.05, 4.69) is 24.1 Å². The molecule has 0 radical (unpaired) electrons. The Hall–Kier alpha value is -0.120. The van der Waals surface area contributed by atoms with E-state index in [9.17, 15) is 0 Å². The second-order valence-corrected chi connectivity index (χ2v) is 6.49. The minimum absolute atomic E-state index is 0.212. The normalized spacial score (nSPS) is 27.0. The summed E-state index contributed by atoms with van der Waals surface area (Å²) in [4.78, 5) is 2.57. The number of nitrogens with zero attached hydrogens (tertiary/aromatic N) is 1. The zero-order valence-corrected chi connectivity index (χ0v) is 12.2. The average molecular weight is 254 g/mol. The second-order valence-electron chi connectivity index (χ2n) is 6.49. The van der Waals surface area contributed by atoms with Gasteiger partial charge in [-0.3, -0.25) is 4.90 Å². The van der Waals surface area contributed by atoms with Crippen molar-refractivity contribution in [3.63, 3.8) is 0 Å². The zero-order chi connectivity index (χ0) is 12.8. The monoisotopic (exact) mass is 254 g/mol. The molecule has 2 fully saturated rings. The molecule has 0 unspecified atom stereocenters. The lowest BCUT2D eigenvalue weighted by Gasteiger charge is -2.42. The van der Waals surface area contributed by atoms with Crippen molar-refractivity contribution in [2.45, 2.75) is 64.0 Å². The molecule has 2 aliphatic rings. The van der Waals surface area contributed by atoms with Crippen molar-refractivity contribution < 1.29 is 4.74 Å². The molecule has 1 aliphatic carbocycles. The molecule has 3 nitrogen and oxygen atoms in total. The topological polar surface area (TPSA) is 24.5 Å². The fourth-order valence-corrected chi connectivity index (χ4v) is 3.19. The maximum Gasteiger partial charge on any atom is 0.0645 e. The van der Waals surface area contributed by atoms with Crippen LogP contribution in [-0.4, -0.2) is 49.3 Å². The van der Waals surface area contributed by atoms with Gasteiger partial charge in [0.1, 0.15) is 0 Å². The number of morpholine rings is 1. The van der Waals surface area contributed by atoms with E-state index in [-0.39, 0.29) is 5.54 Å². The van der Waals surface area contributed by atoms with Gasteiger partial charge in [0.15, 0.2) is 0 Å². The molecule has 1 saturated heterocycles. The van der Waals surface area contributed by atoms with Crippen LogP contribution < -0.4 is 5.32 Å². The van der Waals surface area contributed by atoms with Gasteiger partial charge in [0.2, 0.25) is 0 Å². The summed E-state index contributed by atoms with van der Waals surface area (Å²) in [6.07, 6.45) is 8.48. The molecule has 1 N–H and O–H groups in total. The first-order chi connectivity index (χ1) is 8.68. The third-order valence-corrected chi connectivity index (χ3v) is 4.49. The highest BCUT2D eigenvalue weighted by Gasteiger charge is 2.29. The molecule has 0 aromatic carbocycles. The molecule has 0 aromatic rings. The highest BCUT2D eigenvalue weighted by atomic mass is 16.5. The largest absolute Gasteiger partial charge is 0.378 e. The van der Waals surface area contributed by atoms with Gasteiger partial charge in [-0.1, -0.05) is 25.7 Å². The molecule has 0 atom stereocenters. The first kappa shape index (κ1) is 14.3. The van der Waals surface area contributed by atoms with Crippen LogP contribution in [0.25, 0.3) is 0 Å². The van der Waals surface area contributed by atoms with Crippen molar-refractivity contribution in [2.24, 2.45) is 0 Å². The molecule has 0 spiro atoms. The summed E-state index contributed by atoms with van der Waals surface area (Å²) in [5.74, 6) is 0. The fourth-order valence-electron chi connectivity index (χ4n) is 3.19. The minimum Gasteiger partial charge on any atom is -0.378 e. The van der Waals surface area contributed by atoms with E-state index >= 15 is 0 Å². The first-order valence-electron chi connectivity index (χ1n) is 7.75. The van der Waals surface area contributed by atoms with E-state index in [0.717, 1.165) is 38.9 Å². The molecule has 3 heteroatoms. The summed E-state index contributed by atoms with van der Waals surface area (Å²) in [6, 6.07) is 0.775. The number of hydrogen-bond acceptors (Lipinski definition) is 3.